The maximum Gasteiger partial charge on any atom is 0.145 e. The molecule has 6 heteroatoms. The molecule has 2 heterocycles. The molecule has 2 aromatic heterocycles. The third-order valence-electron chi connectivity index (χ3n) is 1.32. The Kier molecular flexibility index (Phi) is 0.717. The van der Waals surface area contributed by atoms with Gasteiger partial charge >= 0.3 is 0 Å². The SMILES string of the molecule is Nc1cc2cnnn2n1N. The van der Waals surface area contributed by atoms with Crippen LogP contribution in [0.5, 0.6) is 0 Å². The van der Waals surface area contributed by atoms with Crippen LogP contribution in [0.1, 0.15) is 0 Å². The third-order valence-corrected chi connectivity index (χ3v) is 1.32. The summed E-state index contributed by atoms with van der Waals surface area (Å²) in [6.45, 7) is 0. The maximum atomic E-state index is 5.45. The van der Waals surface area contributed by atoms with Gasteiger partial charge in [-0.2, -0.15) is 4.79 Å². The number of nitrogen functional groups attached to an aromatic ring is 2. The van der Waals surface area contributed by atoms with Gasteiger partial charge < -0.3 is 11.6 Å². The quantitative estimate of drug-likeness (QED) is 0.449. The first-order valence-corrected chi connectivity index (χ1v) is 2.72. The second-order valence-electron chi connectivity index (χ2n) is 1.96. The predicted molar refractivity (Wildman–Crippen MR) is 35.5 cm³/mol. The van der Waals surface area contributed by atoms with Crippen molar-refractivity contribution in [2.24, 2.45) is 0 Å². The van der Waals surface area contributed by atoms with Crippen molar-refractivity contribution in [3.05, 3.63) is 12.3 Å². The van der Waals surface area contributed by atoms with E-state index in [2.05, 4.69) is 10.3 Å². The van der Waals surface area contributed by atoms with E-state index in [0.29, 0.717) is 5.82 Å². The van der Waals surface area contributed by atoms with Gasteiger partial charge in [0, 0.05) is 6.07 Å². The first-order chi connectivity index (χ1) is 4.79. The van der Waals surface area contributed by atoms with Crippen LogP contribution in [-0.2, 0) is 0 Å². The van der Waals surface area contributed by atoms with Gasteiger partial charge in [0.1, 0.15) is 11.3 Å². The Bertz CT molecular complexity index is 357. The molecule has 0 aliphatic heterocycles. The van der Waals surface area contributed by atoms with Gasteiger partial charge in [0.05, 0.1) is 6.20 Å². The number of nitrogens with zero attached hydrogens (tertiary/aromatic N) is 4. The number of anilines is 1. The molecular weight excluding hydrogens is 132 g/mol. The minimum Gasteiger partial charge on any atom is -0.382 e. The van der Waals surface area contributed by atoms with Gasteiger partial charge in [-0.15, -0.1) is 9.73 Å². The van der Waals surface area contributed by atoms with Crippen LogP contribution in [0.4, 0.5) is 5.82 Å². The van der Waals surface area contributed by atoms with E-state index in [1.807, 2.05) is 0 Å². The molecular formula is C4H6N6. The van der Waals surface area contributed by atoms with Crippen molar-refractivity contribution in [1.82, 2.24) is 19.7 Å². The Labute approximate surface area is 56.0 Å². The van der Waals surface area contributed by atoms with E-state index < -0.39 is 0 Å². The Hall–Kier alpha value is -1.72. The molecule has 52 valence electrons. The van der Waals surface area contributed by atoms with Crippen molar-refractivity contribution in [2.45, 2.75) is 0 Å². The highest BCUT2D eigenvalue weighted by molar-refractivity contribution is 5.52. The Morgan fingerprint density at radius 2 is 2.30 bits per heavy atom. The summed E-state index contributed by atoms with van der Waals surface area (Å²) in [5.41, 5.74) is 6.24. The van der Waals surface area contributed by atoms with Crippen LogP contribution in [-0.4, -0.2) is 19.7 Å². The molecule has 2 rings (SSSR count). The molecule has 0 bridgehead atoms. The van der Waals surface area contributed by atoms with Gasteiger partial charge in [-0.1, -0.05) is 0 Å². The lowest BCUT2D eigenvalue weighted by Gasteiger charge is -1.93. The van der Waals surface area contributed by atoms with Gasteiger partial charge in [0.25, 0.3) is 0 Å². The van der Waals surface area contributed by atoms with Crippen molar-refractivity contribution in [2.75, 3.05) is 11.6 Å². The number of rotatable bonds is 0. The summed E-state index contributed by atoms with van der Waals surface area (Å²) < 4.78 is 1.41. The molecule has 0 aliphatic rings. The van der Waals surface area contributed by atoms with Crippen molar-refractivity contribution < 1.29 is 0 Å². The van der Waals surface area contributed by atoms with Crippen LogP contribution in [0.25, 0.3) is 5.52 Å². The second kappa shape index (κ2) is 1.41. The fraction of sp³-hybridized carbons (Fsp3) is 0. The molecule has 0 spiro atoms. The summed E-state index contributed by atoms with van der Waals surface area (Å²) in [6, 6.07) is 1.69. The van der Waals surface area contributed by atoms with E-state index >= 15 is 0 Å². The van der Waals surface area contributed by atoms with E-state index in [9.17, 15) is 0 Å². The highest BCUT2D eigenvalue weighted by Crippen LogP contribution is 2.05. The minimum atomic E-state index is 0.463. The summed E-state index contributed by atoms with van der Waals surface area (Å²) in [5, 5.41) is 7.28. The molecule has 0 amide bonds. The summed E-state index contributed by atoms with van der Waals surface area (Å²) >= 11 is 0. The van der Waals surface area contributed by atoms with Crippen LogP contribution in [0, 0.1) is 0 Å². The first kappa shape index (κ1) is 5.10. The van der Waals surface area contributed by atoms with Crippen LogP contribution in [0.3, 0.4) is 0 Å². The standard InChI is InChI=1S/C4H6N6/c5-4-1-3-2-7-8-10(3)9(4)6/h1-2H,5-6H2. The summed E-state index contributed by atoms with van der Waals surface area (Å²) in [5.74, 6) is 5.90. The second-order valence-corrected chi connectivity index (χ2v) is 1.96. The topological polar surface area (TPSA) is 87.2 Å². The molecule has 0 aliphatic carbocycles. The number of aromatic nitrogens is 4. The lowest BCUT2D eigenvalue weighted by molar-refractivity contribution is 0.651. The Morgan fingerprint density at radius 3 is 3.00 bits per heavy atom. The van der Waals surface area contributed by atoms with E-state index in [4.69, 9.17) is 11.6 Å². The Balaban J connectivity index is 2.95. The molecule has 0 unspecified atom stereocenters. The average Bonchev–Trinajstić information content (AvgIpc) is 2.41. The lowest BCUT2D eigenvalue weighted by atomic mass is 10.5. The summed E-state index contributed by atoms with van der Waals surface area (Å²) in [4.78, 5) is 1.22. The normalized spacial score (nSPS) is 10.8. The largest absolute Gasteiger partial charge is 0.382 e. The molecule has 0 saturated carbocycles. The summed E-state index contributed by atoms with van der Waals surface area (Å²) in [7, 11) is 0. The smallest absolute Gasteiger partial charge is 0.145 e. The van der Waals surface area contributed by atoms with Crippen molar-refractivity contribution >= 4 is 11.3 Å². The number of fused-ring (bicyclic) bond motifs is 1. The van der Waals surface area contributed by atoms with Crippen molar-refractivity contribution in [1.29, 1.82) is 0 Å². The third kappa shape index (κ3) is 0.426. The summed E-state index contributed by atoms with van der Waals surface area (Å²) in [6.07, 6.45) is 1.58. The van der Waals surface area contributed by atoms with Gasteiger partial charge in [-0.05, 0) is 5.21 Å². The zero-order valence-corrected chi connectivity index (χ0v) is 5.10. The monoisotopic (exact) mass is 138 g/mol. The fourth-order valence-corrected chi connectivity index (χ4v) is 0.827. The molecule has 4 N–H and O–H groups in total. The van der Waals surface area contributed by atoms with Crippen LogP contribution < -0.4 is 11.6 Å². The molecule has 0 aromatic carbocycles. The predicted octanol–water partition coefficient (Wildman–Crippen LogP) is -1.17. The van der Waals surface area contributed by atoms with Gasteiger partial charge in [-0.3, -0.25) is 0 Å². The zero-order chi connectivity index (χ0) is 7.14. The minimum absolute atomic E-state index is 0.463. The molecule has 0 fully saturated rings. The molecule has 10 heavy (non-hydrogen) atoms. The number of nitrogens with two attached hydrogens (primary N) is 2. The van der Waals surface area contributed by atoms with Crippen molar-refractivity contribution in [3.63, 3.8) is 0 Å². The molecule has 2 aromatic rings. The number of hydrogen-bond acceptors (Lipinski definition) is 4. The highest BCUT2D eigenvalue weighted by Gasteiger charge is 2.01. The van der Waals surface area contributed by atoms with Crippen LogP contribution >= 0.6 is 0 Å². The number of hydrogen-bond donors (Lipinski definition) is 2. The van der Waals surface area contributed by atoms with Gasteiger partial charge in [-0.25, -0.2) is 0 Å². The van der Waals surface area contributed by atoms with E-state index in [1.165, 1.54) is 9.42 Å². The van der Waals surface area contributed by atoms with E-state index in [1.54, 1.807) is 12.3 Å². The average molecular weight is 138 g/mol. The van der Waals surface area contributed by atoms with Crippen molar-refractivity contribution in [3.8, 4) is 0 Å². The fourth-order valence-electron chi connectivity index (χ4n) is 0.827. The first-order valence-electron chi connectivity index (χ1n) is 2.72. The van der Waals surface area contributed by atoms with Gasteiger partial charge in [0.2, 0.25) is 0 Å². The zero-order valence-electron chi connectivity index (χ0n) is 5.10. The van der Waals surface area contributed by atoms with Crippen LogP contribution in [0.2, 0.25) is 0 Å². The van der Waals surface area contributed by atoms with Gasteiger partial charge in [0.15, 0.2) is 0 Å². The molecule has 0 atom stereocenters. The molecule has 0 radical (unpaired) electrons. The Morgan fingerprint density at radius 1 is 1.50 bits per heavy atom. The highest BCUT2D eigenvalue weighted by atomic mass is 15.7. The molecule has 0 saturated heterocycles. The lowest BCUT2D eigenvalue weighted by Crippen LogP contribution is -2.18. The molecule has 6 nitrogen and oxygen atoms in total. The maximum absolute atomic E-state index is 5.45. The van der Waals surface area contributed by atoms with E-state index in [-0.39, 0.29) is 0 Å². The van der Waals surface area contributed by atoms with Crippen LogP contribution in [0.15, 0.2) is 12.3 Å². The van der Waals surface area contributed by atoms with E-state index in [0.717, 1.165) is 5.52 Å².